The van der Waals surface area contributed by atoms with Crippen LogP contribution in [0.4, 0.5) is 5.69 Å². The fraction of sp³-hybridized carbons (Fsp3) is 0.556. The lowest BCUT2D eigenvalue weighted by Gasteiger charge is -2.26. The Kier molecular flexibility index (Phi) is 10.1. The number of hydrogen-bond donors (Lipinski definition) is 1. The molecule has 0 aliphatic carbocycles. The molecule has 3 nitrogen and oxygen atoms in total. The van der Waals surface area contributed by atoms with E-state index in [1.165, 1.54) is 30.4 Å². The van der Waals surface area contributed by atoms with E-state index in [4.69, 9.17) is 9.47 Å². The molecule has 0 radical (unpaired) electrons. The SMILES string of the molecule is CCCCCCOc1cccc(NCC(C)(C)CCCOc2cc(C)ccc2C)c1. The van der Waals surface area contributed by atoms with E-state index in [1.807, 2.05) is 6.07 Å². The van der Waals surface area contributed by atoms with Crippen molar-refractivity contribution in [2.45, 2.75) is 73.1 Å². The normalized spacial score (nSPS) is 11.4. The van der Waals surface area contributed by atoms with Crippen molar-refractivity contribution in [3.63, 3.8) is 0 Å². The van der Waals surface area contributed by atoms with Crippen LogP contribution >= 0.6 is 0 Å². The van der Waals surface area contributed by atoms with Gasteiger partial charge in [-0.15, -0.1) is 0 Å². The van der Waals surface area contributed by atoms with Crippen molar-refractivity contribution in [2.24, 2.45) is 5.41 Å². The number of hydrogen-bond acceptors (Lipinski definition) is 3. The van der Waals surface area contributed by atoms with Gasteiger partial charge in [0.25, 0.3) is 0 Å². The molecule has 1 N–H and O–H groups in total. The van der Waals surface area contributed by atoms with Crippen molar-refractivity contribution >= 4 is 5.69 Å². The monoisotopic (exact) mass is 411 g/mol. The molecule has 166 valence electrons. The summed E-state index contributed by atoms with van der Waals surface area (Å²) in [5, 5.41) is 3.59. The molecule has 0 heterocycles. The van der Waals surface area contributed by atoms with Gasteiger partial charge in [-0.25, -0.2) is 0 Å². The first-order valence-corrected chi connectivity index (χ1v) is 11.6. The molecular formula is C27H41NO2. The van der Waals surface area contributed by atoms with Crippen LogP contribution in [0.5, 0.6) is 11.5 Å². The molecule has 0 unspecified atom stereocenters. The number of nitrogens with one attached hydrogen (secondary N) is 1. The Balaban J connectivity index is 1.71. The van der Waals surface area contributed by atoms with Crippen LogP contribution in [0.3, 0.4) is 0 Å². The summed E-state index contributed by atoms with van der Waals surface area (Å²) in [6.07, 6.45) is 7.07. The van der Waals surface area contributed by atoms with Gasteiger partial charge in [0.1, 0.15) is 11.5 Å². The molecule has 2 aromatic carbocycles. The van der Waals surface area contributed by atoms with Crippen LogP contribution in [0.25, 0.3) is 0 Å². The first-order chi connectivity index (χ1) is 14.4. The summed E-state index contributed by atoms with van der Waals surface area (Å²) in [4.78, 5) is 0. The maximum atomic E-state index is 6.02. The molecule has 0 fully saturated rings. The van der Waals surface area contributed by atoms with E-state index in [1.54, 1.807) is 0 Å². The number of rotatable bonds is 14. The van der Waals surface area contributed by atoms with Gasteiger partial charge in [-0.3, -0.25) is 0 Å². The van der Waals surface area contributed by atoms with Crippen molar-refractivity contribution in [1.29, 1.82) is 0 Å². The van der Waals surface area contributed by atoms with Gasteiger partial charge in [-0.1, -0.05) is 58.2 Å². The lowest BCUT2D eigenvalue weighted by atomic mass is 9.88. The van der Waals surface area contributed by atoms with Gasteiger partial charge in [-0.05, 0) is 67.9 Å². The maximum Gasteiger partial charge on any atom is 0.122 e. The summed E-state index contributed by atoms with van der Waals surface area (Å²) < 4.78 is 11.9. The van der Waals surface area contributed by atoms with Gasteiger partial charge in [-0.2, -0.15) is 0 Å². The number of aryl methyl sites for hydroxylation is 2. The van der Waals surface area contributed by atoms with Crippen LogP contribution in [-0.2, 0) is 0 Å². The van der Waals surface area contributed by atoms with Crippen LogP contribution in [0.1, 0.15) is 70.4 Å². The van der Waals surface area contributed by atoms with Crippen molar-refractivity contribution in [3.8, 4) is 11.5 Å². The van der Waals surface area contributed by atoms with Crippen molar-refractivity contribution in [1.82, 2.24) is 0 Å². The average molecular weight is 412 g/mol. The van der Waals surface area contributed by atoms with Crippen LogP contribution in [0.15, 0.2) is 42.5 Å². The molecule has 0 aromatic heterocycles. The Morgan fingerprint density at radius 3 is 2.47 bits per heavy atom. The fourth-order valence-electron chi connectivity index (χ4n) is 3.44. The number of benzene rings is 2. The van der Waals surface area contributed by atoms with Crippen LogP contribution in [0, 0.1) is 19.3 Å². The number of ether oxygens (including phenoxy) is 2. The Labute approximate surface area is 184 Å². The highest BCUT2D eigenvalue weighted by Gasteiger charge is 2.17. The third-order valence-electron chi connectivity index (χ3n) is 5.47. The van der Waals surface area contributed by atoms with E-state index in [0.29, 0.717) is 0 Å². The van der Waals surface area contributed by atoms with E-state index >= 15 is 0 Å². The Hall–Kier alpha value is -2.16. The molecule has 0 saturated heterocycles. The van der Waals surface area contributed by atoms with E-state index in [9.17, 15) is 0 Å². The predicted molar refractivity (Wildman–Crippen MR) is 129 cm³/mol. The lowest BCUT2D eigenvalue weighted by Crippen LogP contribution is -2.23. The molecule has 0 aliphatic rings. The van der Waals surface area contributed by atoms with Crippen LogP contribution in [-0.4, -0.2) is 19.8 Å². The topological polar surface area (TPSA) is 30.5 Å². The van der Waals surface area contributed by atoms with Crippen molar-refractivity contribution in [2.75, 3.05) is 25.1 Å². The van der Waals surface area contributed by atoms with Gasteiger partial charge in [0.2, 0.25) is 0 Å². The number of anilines is 1. The summed E-state index contributed by atoms with van der Waals surface area (Å²) >= 11 is 0. The Morgan fingerprint density at radius 1 is 0.867 bits per heavy atom. The maximum absolute atomic E-state index is 6.02. The summed E-state index contributed by atoms with van der Waals surface area (Å²) in [5.74, 6) is 1.97. The molecule has 0 amide bonds. The highest BCUT2D eigenvalue weighted by Crippen LogP contribution is 2.26. The van der Waals surface area contributed by atoms with Gasteiger partial charge < -0.3 is 14.8 Å². The zero-order valence-corrected chi connectivity index (χ0v) is 19.7. The molecule has 0 atom stereocenters. The molecule has 2 aromatic rings. The highest BCUT2D eigenvalue weighted by molar-refractivity contribution is 5.48. The molecular weight excluding hydrogens is 370 g/mol. The zero-order chi connectivity index (χ0) is 21.8. The highest BCUT2D eigenvalue weighted by atomic mass is 16.5. The van der Waals surface area contributed by atoms with E-state index in [-0.39, 0.29) is 5.41 Å². The van der Waals surface area contributed by atoms with E-state index in [0.717, 1.165) is 56.2 Å². The second-order valence-corrected chi connectivity index (χ2v) is 9.18. The van der Waals surface area contributed by atoms with Crippen LogP contribution < -0.4 is 14.8 Å². The smallest absolute Gasteiger partial charge is 0.122 e. The standard InChI is InChI=1S/C27H41NO2/c1-6-7-8-9-17-29-25-13-10-12-24(20-25)28-21-27(4,5)16-11-18-30-26-19-22(2)14-15-23(26)3/h10,12-15,19-20,28H,6-9,11,16-18,21H2,1-5H3. The minimum Gasteiger partial charge on any atom is -0.494 e. The van der Waals surface area contributed by atoms with E-state index < -0.39 is 0 Å². The first kappa shape index (κ1) is 24.1. The number of unbranched alkanes of at least 4 members (excludes halogenated alkanes) is 3. The van der Waals surface area contributed by atoms with Crippen molar-refractivity contribution in [3.05, 3.63) is 53.6 Å². The minimum atomic E-state index is 0.196. The molecule has 3 heteroatoms. The Morgan fingerprint density at radius 2 is 1.67 bits per heavy atom. The molecule has 2 rings (SSSR count). The lowest BCUT2D eigenvalue weighted by molar-refractivity contribution is 0.263. The summed E-state index contributed by atoms with van der Waals surface area (Å²) in [6, 6.07) is 14.7. The minimum absolute atomic E-state index is 0.196. The predicted octanol–water partition coefficient (Wildman–Crippen LogP) is 7.56. The molecule has 0 aliphatic heterocycles. The van der Waals surface area contributed by atoms with Gasteiger partial charge >= 0.3 is 0 Å². The fourth-order valence-corrected chi connectivity index (χ4v) is 3.44. The molecule has 0 saturated carbocycles. The zero-order valence-electron chi connectivity index (χ0n) is 19.7. The van der Waals surface area contributed by atoms with Gasteiger partial charge in [0.15, 0.2) is 0 Å². The largest absolute Gasteiger partial charge is 0.494 e. The molecule has 0 bridgehead atoms. The van der Waals surface area contributed by atoms with Gasteiger partial charge in [0, 0.05) is 18.3 Å². The molecule has 0 spiro atoms. The quantitative estimate of drug-likeness (QED) is 0.325. The summed E-state index contributed by atoms with van der Waals surface area (Å²) in [6.45, 7) is 13.5. The second kappa shape index (κ2) is 12.5. The average Bonchev–Trinajstić information content (AvgIpc) is 2.72. The summed E-state index contributed by atoms with van der Waals surface area (Å²) in [7, 11) is 0. The third kappa shape index (κ3) is 9.11. The van der Waals surface area contributed by atoms with E-state index in [2.05, 4.69) is 76.3 Å². The third-order valence-corrected chi connectivity index (χ3v) is 5.47. The Bertz CT molecular complexity index is 754. The van der Waals surface area contributed by atoms with Crippen LogP contribution in [0.2, 0.25) is 0 Å². The van der Waals surface area contributed by atoms with Gasteiger partial charge in [0.05, 0.1) is 13.2 Å². The second-order valence-electron chi connectivity index (χ2n) is 9.18. The summed E-state index contributed by atoms with van der Waals surface area (Å²) in [5.41, 5.74) is 3.77. The van der Waals surface area contributed by atoms with Crippen molar-refractivity contribution < 1.29 is 9.47 Å². The first-order valence-electron chi connectivity index (χ1n) is 11.6. The molecule has 30 heavy (non-hydrogen) atoms.